The van der Waals surface area contributed by atoms with Crippen molar-refractivity contribution in [2.45, 2.75) is 63.6 Å². The first kappa shape index (κ1) is 27.4. The standard InChI is InChI=1S/C31H32Cl2N2O4/c32-25-11-6-12-26(33)24(25)19-35(30(36)16-14-22-13-15-28-29(18-22)39-20-38-28)27(17-21-7-2-1-3-8-21)31(37)34-23-9-4-5-10-23/h1-3,6-8,11-13,15,18,23,27H,4-5,9-10,14,16-17,19-20H2,(H,34,37)/t27-/m1/s1. The summed E-state index contributed by atoms with van der Waals surface area (Å²) in [5.74, 6) is 1.08. The molecule has 1 N–H and O–H groups in total. The van der Waals surface area contributed by atoms with Crippen LogP contribution in [-0.2, 0) is 29.0 Å². The van der Waals surface area contributed by atoms with Crippen LogP contribution in [0.2, 0.25) is 10.0 Å². The zero-order valence-corrected chi connectivity index (χ0v) is 23.2. The van der Waals surface area contributed by atoms with Gasteiger partial charge in [-0.05, 0) is 54.7 Å². The first-order valence-electron chi connectivity index (χ1n) is 13.4. The van der Waals surface area contributed by atoms with Crippen molar-refractivity contribution in [3.05, 3.63) is 93.5 Å². The van der Waals surface area contributed by atoms with Gasteiger partial charge in [0.05, 0.1) is 0 Å². The summed E-state index contributed by atoms with van der Waals surface area (Å²) in [6.45, 7) is 0.329. The highest BCUT2D eigenvalue weighted by molar-refractivity contribution is 6.36. The average Bonchev–Trinajstić information content (AvgIpc) is 3.63. The molecule has 1 fully saturated rings. The van der Waals surface area contributed by atoms with E-state index in [-0.39, 0.29) is 37.6 Å². The smallest absolute Gasteiger partial charge is 0.243 e. The summed E-state index contributed by atoms with van der Waals surface area (Å²) in [7, 11) is 0. The molecule has 0 unspecified atom stereocenters. The fourth-order valence-electron chi connectivity index (χ4n) is 5.27. The Hall–Kier alpha value is -3.22. The van der Waals surface area contributed by atoms with Crippen LogP contribution in [0.15, 0.2) is 66.7 Å². The third-order valence-electron chi connectivity index (χ3n) is 7.43. The fourth-order valence-corrected chi connectivity index (χ4v) is 5.78. The van der Waals surface area contributed by atoms with Crippen LogP contribution in [0.25, 0.3) is 0 Å². The van der Waals surface area contributed by atoms with Gasteiger partial charge in [-0.2, -0.15) is 0 Å². The van der Waals surface area contributed by atoms with Gasteiger partial charge in [-0.25, -0.2) is 0 Å². The number of hydrogen-bond acceptors (Lipinski definition) is 4. The number of amides is 2. The van der Waals surface area contributed by atoms with Crippen LogP contribution in [0.4, 0.5) is 0 Å². The summed E-state index contributed by atoms with van der Waals surface area (Å²) in [6.07, 6.45) is 5.20. The highest BCUT2D eigenvalue weighted by atomic mass is 35.5. The van der Waals surface area contributed by atoms with E-state index < -0.39 is 6.04 Å². The lowest BCUT2D eigenvalue weighted by Gasteiger charge is -2.33. The molecule has 39 heavy (non-hydrogen) atoms. The molecule has 0 bridgehead atoms. The van der Waals surface area contributed by atoms with Gasteiger partial charge in [0.25, 0.3) is 0 Å². The molecule has 1 atom stereocenters. The van der Waals surface area contributed by atoms with E-state index in [0.29, 0.717) is 39.9 Å². The summed E-state index contributed by atoms with van der Waals surface area (Å²) < 4.78 is 10.9. The summed E-state index contributed by atoms with van der Waals surface area (Å²) in [6, 6.07) is 20.2. The number of aryl methyl sites for hydroxylation is 1. The second-order valence-corrected chi connectivity index (χ2v) is 10.9. The van der Waals surface area contributed by atoms with E-state index in [1.807, 2.05) is 48.5 Å². The molecule has 5 rings (SSSR count). The number of rotatable bonds is 10. The average molecular weight is 568 g/mol. The Balaban J connectivity index is 1.43. The second kappa shape index (κ2) is 12.8. The Kier molecular flexibility index (Phi) is 8.95. The highest BCUT2D eigenvalue weighted by Crippen LogP contribution is 2.33. The van der Waals surface area contributed by atoms with Gasteiger partial charge >= 0.3 is 0 Å². The van der Waals surface area contributed by atoms with E-state index in [1.165, 1.54) is 0 Å². The third-order valence-corrected chi connectivity index (χ3v) is 8.14. The predicted molar refractivity (Wildman–Crippen MR) is 152 cm³/mol. The number of fused-ring (bicyclic) bond motifs is 1. The highest BCUT2D eigenvalue weighted by Gasteiger charge is 2.33. The molecule has 2 aliphatic rings. The molecule has 0 saturated heterocycles. The topological polar surface area (TPSA) is 67.9 Å². The summed E-state index contributed by atoms with van der Waals surface area (Å²) in [5, 5.41) is 4.15. The SMILES string of the molecule is O=C(NC1CCCC1)[C@@H](Cc1ccccc1)N(Cc1c(Cl)cccc1Cl)C(=O)CCc1ccc2c(c1)OCO2. The molecule has 3 aromatic rings. The number of nitrogens with one attached hydrogen (secondary N) is 1. The van der Waals surface area contributed by atoms with Crippen molar-refractivity contribution >= 4 is 35.0 Å². The first-order valence-corrected chi connectivity index (χ1v) is 14.2. The van der Waals surface area contributed by atoms with E-state index in [1.54, 1.807) is 23.1 Å². The van der Waals surface area contributed by atoms with Crippen molar-refractivity contribution in [2.24, 2.45) is 0 Å². The lowest BCUT2D eigenvalue weighted by atomic mass is 10.0. The lowest BCUT2D eigenvalue weighted by Crippen LogP contribution is -2.52. The summed E-state index contributed by atoms with van der Waals surface area (Å²) in [5.41, 5.74) is 2.56. The van der Waals surface area contributed by atoms with E-state index in [9.17, 15) is 9.59 Å². The third kappa shape index (κ3) is 6.87. The number of ether oxygens (including phenoxy) is 2. The van der Waals surface area contributed by atoms with Crippen LogP contribution in [0, 0.1) is 0 Å². The number of nitrogens with zero attached hydrogens (tertiary/aromatic N) is 1. The minimum atomic E-state index is -0.718. The van der Waals surface area contributed by atoms with Gasteiger partial charge < -0.3 is 19.7 Å². The number of benzene rings is 3. The summed E-state index contributed by atoms with van der Waals surface area (Å²) in [4.78, 5) is 29.4. The van der Waals surface area contributed by atoms with Crippen molar-refractivity contribution in [1.29, 1.82) is 0 Å². The molecule has 0 spiro atoms. The molecule has 8 heteroatoms. The molecular weight excluding hydrogens is 535 g/mol. The number of carbonyl (C=O) groups excluding carboxylic acids is 2. The lowest BCUT2D eigenvalue weighted by molar-refractivity contribution is -0.141. The van der Waals surface area contributed by atoms with Crippen LogP contribution < -0.4 is 14.8 Å². The molecule has 1 aliphatic heterocycles. The predicted octanol–water partition coefficient (Wildman–Crippen LogP) is 6.35. The Morgan fingerprint density at radius 3 is 2.36 bits per heavy atom. The van der Waals surface area contributed by atoms with Crippen LogP contribution in [0.1, 0.15) is 48.8 Å². The van der Waals surface area contributed by atoms with Gasteiger partial charge in [-0.1, -0.05) is 78.5 Å². The zero-order valence-electron chi connectivity index (χ0n) is 21.7. The van der Waals surface area contributed by atoms with E-state index >= 15 is 0 Å². The van der Waals surface area contributed by atoms with Crippen molar-refractivity contribution in [3.63, 3.8) is 0 Å². The molecule has 6 nitrogen and oxygen atoms in total. The largest absolute Gasteiger partial charge is 0.454 e. The fraction of sp³-hybridized carbons (Fsp3) is 0.355. The minimum Gasteiger partial charge on any atom is -0.454 e. The van der Waals surface area contributed by atoms with Gasteiger partial charge in [-0.15, -0.1) is 0 Å². The number of halogens is 2. The van der Waals surface area contributed by atoms with E-state index in [4.69, 9.17) is 32.7 Å². The number of hydrogen-bond donors (Lipinski definition) is 1. The Morgan fingerprint density at radius 1 is 0.897 bits per heavy atom. The van der Waals surface area contributed by atoms with E-state index in [0.717, 1.165) is 36.8 Å². The molecule has 0 aromatic heterocycles. The minimum absolute atomic E-state index is 0.130. The number of carbonyl (C=O) groups is 2. The van der Waals surface area contributed by atoms with Crippen molar-refractivity contribution in [3.8, 4) is 11.5 Å². The van der Waals surface area contributed by atoms with Gasteiger partial charge in [-0.3, -0.25) is 9.59 Å². The van der Waals surface area contributed by atoms with Crippen LogP contribution in [0.3, 0.4) is 0 Å². The normalized spacial score (nSPS) is 15.2. The summed E-state index contributed by atoms with van der Waals surface area (Å²) >= 11 is 13.1. The molecular formula is C31H32Cl2N2O4. The van der Waals surface area contributed by atoms with Gasteiger partial charge in [0.2, 0.25) is 18.6 Å². The molecule has 3 aromatic carbocycles. The Labute approximate surface area is 239 Å². The molecule has 0 radical (unpaired) electrons. The van der Waals surface area contributed by atoms with Crippen molar-refractivity contribution < 1.29 is 19.1 Å². The monoisotopic (exact) mass is 566 g/mol. The van der Waals surface area contributed by atoms with Crippen molar-refractivity contribution in [1.82, 2.24) is 10.2 Å². The molecule has 1 saturated carbocycles. The Bertz CT molecular complexity index is 1290. The quantitative estimate of drug-likeness (QED) is 0.310. The maximum atomic E-state index is 14.0. The molecule has 204 valence electrons. The maximum Gasteiger partial charge on any atom is 0.243 e. The van der Waals surface area contributed by atoms with Crippen LogP contribution >= 0.6 is 23.2 Å². The van der Waals surface area contributed by atoms with E-state index in [2.05, 4.69) is 5.32 Å². The van der Waals surface area contributed by atoms with Gasteiger partial charge in [0, 0.05) is 41.0 Å². The molecule has 2 amide bonds. The van der Waals surface area contributed by atoms with Crippen molar-refractivity contribution in [2.75, 3.05) is 6.79 Å². The molecule has 1 aliphatic carbocycles. The van der Waals surface area contributed by atoms with Crippen LogP contribution in [-0.4, -0.2) is 35.6 Å². The zero-order chi connectivity index (χ0) is 27.2. The second-order valence-electron chi connectivity index (χ2n) is 10.1. The first-order chi connectivity index (χ1) is 19.0. The van der Waals surface area contributed by atoms with Gasteiger partial charge in [0.15, 0.2) is 11.5 Å². The maximum absolute atomic E-state index is 14.0. The Morgan fingerprint density at radius 2 is 1.62 bits per heavy atom. The van der Waals surface area contributed by atoms with Crippen LogP contribution in [0.5, 0.6) is 11.5 Å². The van der Waals surface area contributed by atoms with Gasteiger partial charge in [0.1, 0.15) is 6.04 Å². The molecule has 1 heterocycles.